The molecule has 2 atom stereocenters. The number of hydrogen-bond acceptors (Lipinski definition) is 5. The van der Waals surface area contributed by atoms with E-state index in [1.807, 2.05) is 0 Å². The Morgan fingerprint density at radius 3 is 2.71 bits per heavy atom. The van der Waals surface area contributed by atoms with Crippen LogP contribution >= 0.6 is 11.8 Å². The summed E-state index contributed by atoms with van der Waals surface area (Å²) < 4.78 is 0. The Bertz CT molecular complexity index is 671. The molecular formula is C18H26N4OS. The van der Waals surface area contributed by atoms with Crippen molar-refractivity contribution in [3.05, 3.63) is 11.4 Å². The van der Waals surface area contributed by atoms with Crippen molar-refractivity contribution in [2.24, 2.45) is 5.41 Å². The van der Waals surface area contributed by atoms with Crippen LogP contribution in [0.2, 0.25) is 0 Å². The van der Waals surface area contributed by atoms with Crippen molar-refractivity contribution >= 4 is 17.7 Å². The number of nitrogens with zero attached hydrogens (tertiary/aromatic N) is 3. The molecule has 2 fully saturated rings. The quantitative estimate of drug-likeness (QED) is 0.848. The number of carbonyl (C=O) groups excluding carboxylic acids is 1. The van der Waals surface area contributed by atoms with Crippen molar-refractivity contribution in [3.8, 4) is 0 Å². The van der Waals surface area contributed by atoms with Crippen molar-refractivity contribution in [2.45, 2.75) is 81.8 Å². The molecule has 0 radical (unpaired) electrons. The minimum atomic E-state index is 0.0871. The van der Waals surface area contributed by atoms with Crippen molar-refractivity contribution in [1.29, 1.82) is 0 Å². The second-order valence-corrected chi connectivity index (χ2v) is 9.25. The summed E-state index contributed by atoms with van der Waals surface area (Å²) in [6, 6.07) is 0.368. The fraction of sp³-hybridized carbons (Fsp3) is 0.778. The van der Waals surface area contributed by atoms with E-state index in [0.717, 1.165) is 24.2 Å². The number of fused-ring (bicyclic) bond motifs is 5. The van der Waals surface area contributed by atoms with E-state index in [1.54, 1.807) is 0 Å². The van der Waals surface area contributed by atoms with Gasteiger partial charge in [0.05, 0.1) is 17.1 Å². The minimum absolute atomic E-state index is 0.0871. The Morgan fingerprint density at radius 1 is 1.21 bits per heavy atom. The van der Waals surface area contributed by atoms with Gasteiger partial charge in [0.25, 0.3) is 0 Å². The lowest BCUT2D eigenvalue weighted by atomic mass is 9.70. The second-order valence-electron chi connectivity index (χ2n) is 8.31. The van der Waals surface area contributed by atoms with Gasteiger partial charge in [0.15, 0.2) is 0 Å². The van der Waals surface area contributed by atoms with E-state index in [4.69, 9.17) is 4.98 Å². The van der Waals surface area contributed by atoms with Crippen LogP contribution in [0.25, 0.3) is 0 Å². The van der Waals surface area contributed by atoms with Crippen LogP contribution in [0.1, 0.15) is 76.6 Å². The summed E-state index contributed by atoms with van der Waals surface area (Å²) in [6.07, 6.45) is 7.03. The van der Waals surface area contributed by atoms with E-state index in [9.17, 15) is 4.79 Å². The number of thioether (sulfide) groups is 1. The predicted octanol–water partition coefficient (Wildman–Crippen LogP) is 3.20. The molecule has 0 aromatic carbocycles. The lowest BCUT2D eigenvalue weighted by Gasteiger charge is -2.33. The summed E-state index contributed by atoms with van der Waals surface area (Å²) >= 11 is 1.41. The Hall–Kier alpha value is -1.17. The average molecular weight is 347 g/mol. The van der Waals surface area contributed by atoms with Gasteiger partial charge >= 0.3 is 0 Å². The molecule has 24 heavy (non-hydrogen) atoms. The molecule has 0 aliphatic heterocycles. The van der Waals surface area contributed by atoms with Gasteiger partial charge in [0.1, 0.15) is 0 Å². The van der Waals surface area contributed by atoms with Crippen LogP contribution in [0, 0.1) is 5.41 Å². The Morgan fingerprint density at radius 2 is 1.96 bits per heavy atom. The first-order valence-electron chi connectivity index (χ1n) is 9.09. The molecular weight excluding hydrogens is 320 g/mol. The molecule has 2 bridgehead atoms. The van der Waals surface area contributed by atoms with Gasteiger partial charge in [-0.1, -0.05) is 45.4 Å². The van der Waals surface area contributed by atoms with Gasteiger partial charge in [-0.15, -0.1) is 5.10 Å². The maximum Gasteiger partial charge on any atom is 0.230 e. The average Bonchev–Trinajstić information content (AvgIpc) is 3.17. The van der Waals surface area contributed by atoms with E-state index in [0.29, 0.717) is 22.9 Å². The molecule has 4 rings (SSSR count). The van der Waals surface area contributed by atoms with Crippen LogP contribution in [0.15, 0.2) is 5.16 Å². The Balaban J connectivity index is 1.45. The third kappa shape index (κ3) is 2.37. The first-order valence-corrected chi connectivity index (χ1v) is 10.1. The van der Waals surface area contributed by atoms with Gasteiger partial charge < -0.3 is 5.32 Å². The summed E-state index contributed by atoms with van der Waals surface area (Å²) in [5, 5.41) is 12.5. The van der Waals surface area contributed by atoms with Crippen LogP contribution < -0.4 is 5.32 Å². The molecule has 1 aromatic heterocycles. The SMILES string of the molecule is CC1(C)[C@@H]2CC[C@@]1(C)c1nc(SCC(=O)NC3CCCC3)nnc12. The molecule has 5 nitrogen and oxygen atoms in total. The summed E-state index contributed by atoms with van der Waals surface area (Å²) in [4.78, 5) is 16.9. The van der Waals surface area contributed by atoms with E-state index < -0.39 is 0 Å². The largest absolute Gasteiger partial charge is 0.353 e. The van der Waals surface area contributed by atoms with E-state index in [2.05, 4.69) is 36.3 Å². The van der Waals surface area contributed by atoms with Crippen LogP contribution in [-0.2, 0) is 10.2 Å². The van der Waals surface area contributed by atoms with Crippen LogP contribution in [0.5, 0.6) is 0 Å². The van der Waals surface area contributed by atoms with Gasteiger partial charge in [-0.25, -0.2) is 4.98 Å². The van der Waals surface area contributed by atoms with Gasteiger partial charge in [-0.2, -0.15) is 5.10 Å². The van der Waals surface area contributed by atoms with E-state index >= 15 is 0 Å². The monoisotopic (exact) mass is 346 g/mol. The molecule has 3 aliphatic carbocycles. The molecule has 1 amide bonds. The predicted molar refractivity (Wildman–Crippen MR) is 94.1 cm³/mol. The Labute approximate surface area is 147 Å². The molecule has 3 aliphatic rings. The van der Waals surface area contributed by atoms with Crippen LogP contribution in [-0.4, -0.2) is 32.9 Å². The zero-order valence-electron chi connectivity index (χ0n) is 14.8. The molecule has 1 heterocycles. The first-order chi connectivity index (χ1) is 11.4. The standard InChI is InChI=1S/C18H26N4OS/c1-17(2)12-8-9-18(17,3)15-14(12)21-22-16(20-15)24-10-13(23)19-11-6-4-5-7-11/h11-12H,4-10H2,1-3H3,(H,19,23)/t12-,18+/m1/s1. The maximum atomic E-state index is 12.1. The zero-order chi connectivity index (χ0) is 16.9. The zero-order valence-corrected chi connectivity index (χ0v) is 15.6. The topological polar surface area (TPSA) is 67.8 Å². The van der Waals surface area contributed by atoms with Gasteiger partial charge in [-0.05, 0) is 31.1 Å². The summed E-state index contributed by atoms with van der Waals surface area (Å²) in [5.41, 5.74) is 2.50. The highest BCUT2D eigenvalue weighted by atomic mass is 32.2. The van der Waals surface area contributed by atoms with E-state index in [1.165, 1.54) is 37.4 Å². The lowest BCUT2D eigenvalue weighted by Crippen LogP contribution is -2.34. The fourth-order valence-corrected chi connectivity index (χ4v) is 5.49. The number of nitrogens with one attached hydrogen (secondary N) is 1. The van der Waals surface area contributed by atoms with Gasteiger partial charge in [0.2, 0.25) is 11.1 Å². The molecule has 0 unspecified atom stereocenters. The molecule has 1 N–H and O–H groups in total. The number of rotatable bonds is 4. The summed E-state index contributed by atoms with van der Waals surface area (Å²) in [7, 11) is 0. The molecule has 0 saturated heterocycles. The highest BCUT2D eigenvalue weighted by molar-refractivity contribution is 7.99. The highest BCUT2D eigenvalue weighted by Crippen LogP contribution is 2.66. The molecule has 0 spiro atoms. The van der Waals surface area contributed by atoms with Gasteiger partial charge in [0, 0.05) is 17.4 Å². The minimum Gasteiger partial charge on any atom is -0.353 e. The summed E-state index contributed by atoms with van der Waals surface area (Å²) in [6.45, 7) is 6.97. The van der Waals surface area contributed by atoms with Crippen LogP contribution in [0.4, 0.5) is 0 Å². The fourth-order valence-electron chi connectivity index (χ4n) is 4.89. The molecule has 2 saturated carbocycles. The molecule has 6 heteroatoms. The number of aromatic nitrogens is 3. The van der Waals surface area contributed by atoms with Crippen molar-refractivity contribution in [3.63, 3.8) is 0 Å². The number of carbonyl (C=O) groups is 1. The third-order valence-corrected chi connectivity index (χ3v) is 7.66. The van der Waals surface area contributed by atoms with E-state index in [-0.39, 0.29) is 16.7 Å². The summed E-state index contributed by atoms with van der Waals surface area (Å²) in [5.74, 6) is 0.937. The van der Waals surface area contributed by atoms with Crippen LogP contribution in [0.3, 0.4) is 0 Å². The number of amides is 1. The lowest BCUT2D eigenvalue weighted by molar-refractivity contribution is -0.119. The highest BCUT2D eigenvalue weighted by Gasteiger charge is 2.61. The second kappa shape index (κ2) is 5.68. The van der Waals surface area contributed by atoms with Crippen molar-refractivity contribution < 1.29 is 4.79 Å². The first kappa shape index (κ1) is 16.3. The molecule has 130 valence electrons. The Kier molecular flexibility index (Phi) is 3.86. The molecule has 1 aromatic rings. The third-order valence-electron chi connectivity index (χ3n) is 6.83. The van der Waals surface area contributed by atoms with Gasteiger partial charge in [-0.3, -0.25) is 4.79 Å². The number of hydrogen-bond donors (Lipinski definition) is 1. The van der Waals surface area contributed by atoms with Crippen molar-refractivity contribution in [1.82, 2.24) is 20.5 Å². The smallest absolute Gasteiger partial charge is 0.230 e. The normalized spacial score (nSPS) is 30.5. The maximum absolute atomic E-state index is 12.1. The van der Waals surface area contributed by atoms with Crippen molar-refractivity contribution in [2.75, 3.05) is 5.75 Å².